The van der Waals surface area contributed by atoms with Crippen molar-refractivity contribution in [2.24, 2.45) is 0 Å². The summed E-state index contributed by atoms with van der Waals surface area (Å²) in [5.74, 6) is 0.498. The van der Waals surface area contributed by atoms with E-state index in [2.05, 4.69) is 5.16 Å². The lowest BCUT2D eigenvalue weighted by Gasteiger charge is -2.17. The van der Waals surface area contributed by atoms with E-state index in [1.165, 1.54) is 0 Å². The van der Waals surface area contributed by atoms with Crippen molar-refractivity contribution >= 4 is 16.7 Å². The molecule has 6 heteroatoms. The van der Waals surface area contributed by atoms with E-state index in [9.17, 15) is 4.79 Å². The van der Waals surface area contributed by atoms with Crippen LogP contribution in [0, 0.1) is 0 Å². The average molecular weight is 354 g/mol. The zero-order valence-electron chi connectivity index (χ0n) is 14.9. The molecule has 0 saturated heterocycles. The Bertz CT molecular complexity index is 904. The van der Waals surface area contributed by atoms with Gasteiger partial charge >= 0.3 is 5.97 Å². The summed E-state index contributed by atoms with van der Waals surface area (Å²) in [4.78, 5) is 12.9. The van der Waals surface area contributed by atoms with Gasteiger partial charge in [-0.3, -0.25) is 9.69 Å². The van der Waals surface area contributed by atoms with Crippen LogP contribution >= 0.6 is 0 Å². The van der Waals surface area contributed by atoms with Crippen LogP contribution in [0.15, 0.2) is 47.0 Å². The molecular formula is C20H22N2O4. The van der Waals surface area contributed by atoms with Crippen LogP contribution < -0.4 is 4.74 Å². The van der Waals surface area contributed by atoms with Gasteiger partial charge in [0.05, 0.1) is 25.8 Å². The molecule has 0 aliphatic heterocycles. The van der Waals surface area contributed by atoms with Crippen LogP contribution in [0.4, 0.5) is 0 Å². The SMILES string of the molecule is CCCN(CC(=O)O)Cc1cc(-c2c(OC)ccc3ccccc23)no1. The molecule has 0 saturated carbocycles. The predicted octanol–water partition coefficient (Wildman–Crippen LogP) is 3.80. The topological polar surface area (TPSA) is 75.8 Å². The zero-order chi connectivity index (χ0) is 18.5. The number of rotatable bonds is 8. The molecule has 26 heavy (non-hydrogen) atoms. The maximum absolute atomic E-state index is 11.0. The number of hydrogen-bond acceptors (Lipinski definition) is 5. The number of methoxy groups -OCH3 is 1. The number of carboxylic acid groups (broad SMARTS) is 1. The number of carboxylic acids is 1. The molecule has 0 amide bonds. The van der Waals surface area contributed by atoms with Crippen molar-refractivity contribution in [3.05, 3.63) is 48.2 Å². The lowest BCUT2D eigenvalue weighted by molar-refractivity contribution is -0.138. The van der Waals surface area contributed by atoms with Gasteiger partial charge < -0.3 is 14.4 Å². The summed E-state index contributed by atoms with van der Waals surface area (Å²) >= 11 is 0. The Balaban J connectivity index is 1.94. The number of fused-ring (bicyclic) bond motifs is 1. The summed E-state index contributed by atoms with van der Waals surface area (Å²) in [7, 11) is 1.63. The first-order valence-corrected chi connectivity index (χ1v) is 8.58. The van der Waals surface area contributed by atoms with Crippen LogP contribution in [0.25, 0.3) is 22.0 Å². The Kier molecular flexibility index (Phi) is 5.53. The first kappa shape index (κ1) is 17.9. The molecule has 2 aromatic carbocycles. The molecule has 0 bridgehead atoms. The summed E-state index contributed by atoms with van der Waals surface area (Å²) in [6.45, 7) is 3.07. The van der Waals surface area contributed by atoms with Crippen molar-refractivity contribution in [3.8, 4) is 17.0 Å². The van der Waals surface area contributed by atoms with Crippen molar-refractivity contribution < 1.29 is 19.2 Å². The normalized spacial score (nSPS) is 11.2. The van der Waals surface area contributed by atoms with Gasteiger partial charge in [-0.2, -0.15) is 0 Å². The molecule has 0 unspecified atom stereocenters. The van der Waals surface area contributed by atoms with Crippen molar-refractivity contribution in [2.45, 2.75) is 19.9 Å². The molecule has 6 nitrogen and oxygen atoms in total. The van der Waals surface area contributed by atoms with Crippen LogP contribution in [-0.2, 0) is 11.3 Å². The Hall–Kier alpha value is -2.86. The zero-order valence-corrected chi connectivity index (χ0v) is 14.9. The molecule has 0 atom stereocenters. The molecule has 0 radical (unpaired) electrons. The van der Waals surface area contributed by atoms with Gasteiger partial charge in [-0.15, -0.1) is 0 Å². The molecular weight excluding hydrogens is 332 g/mol. The van der Waals surface area contributed by atoms with Crippen molar-refractivity contribution in [1.29, 1.82) is 0 Å². The highest BCUT2D eigenvalue weighted by Gasteiger charge is 2.17. The Labute approximate surface area is 152 Å². The second-order valence-electron chi connectivity index (χ2n) is 6.15. The lowest BCUT2D eigenvalue weighted by Crippen LogP contribution is -2.29. The van der Waals surface area contributed by atoms with E-state index in [1.54, 1.807) is 7.11 Å². The van der Waals surface area contributed by atoms with Crippen LogP contribution in [0.2, 0.25) is 0 Å². The fourth-order valence-electron chi connectivity index (χ4n) is 3.13. The monoisotopic (exact) mass is 354 g/mol. The number of ether oxygens (including phenoxy) is 1. The molecule has 1 heterocycles. The highest BCUT2D eigenvalue weighted by molar-refractivity contribution is 5.98. The number of carbonyl (C=O) groups is 1. The first-order chi connectivity index (χ1) is 12.6. The first-order valence-electron chi connectivity index (χ1n) is 8.58. The molecule has 136 valence electrons. The van der Waals surface area contributed by atoms with E-state index >= 15 is 0 Å². The molecule has 3 rings (SSSR count). The van der Waals surface area contributed by atoms with E-state index in [0.717, 1.165) is 28.5 Å². The maximum Gasteiger partial charge on any atom is 0.317 e. The van der Waals surface area contributed by atoms with Crippen LogP contribution in [-0.4, -0.2) is 41.3 Å². The van der Waals surface area contributed by atoms with E-state index in [-0.39, 0.29) is 6.54 Å². The van der Waals surface area contributed by atoms with Gasteiger partial charge in [0.15, 0.2) is 5.76 Å². The molecule has 1 N–H and O–H groups in total. The Morgan fingerprint density at radius 3 is 2.81 bits per heavy atom. The van der Waals surface area contributed by atoms with E-state index in [4.69, 9.17) is 14.4 Å². The summed E-state index contributed by atoms with van der Waals surface area (Å²) in [6.07, 6.45) is 0.866. The van der Waals surface area contributed by atoms with Gasteiger partial charge in [-0.25, -0.2) is 0 Å². The highest BCUT2D eigenvalue weighted by atomic mass is 16.5. The molecule has 0 aliphatic rings. The lowest BCUT2D eigenvalue weighted by atomic mass is 10.0. The minimum atomic E-state index is -0.853. The third-order valence-electron chi connectivity index (χ3n) is 4.20. The Morgan fingerprint density at radius 1 is 1.27 bits per heavy atom. The minimum absolute atomic E-state index is 0.0263. The van der Waals surface area contributed by atoms with Crippen LogP contribution in [0.5, 0.6) is 5.75 Å². The number of hydrogen-bond donors (Lipinski definition) is 1. The highest BCUT2D eigenvalue weighted by Crippen LogP contribution is 2.36. The molecule has 0 aliphatic carbocycles. The molecule has 0 fully saturated rings. The van der Waals surface area contributed by atoms with Crippen LogP contribution in [0.3, 0.4) is 0 Å². The largest absolute Gasteiger partial charge is 0.496 e. The minimum Gasteiger partial charge on any atom is -0.496 e. The third-order valence-corrected chi connectivity index (χ3v) is 4.20. The summed E-state index contributed by atoms with van der Waals surface area (Å²) < 4.78 is 11.0. The predicted molar refractivity (Wildman–Crippen MR) is 99.2 cm³/mol. The molecule has 0 spiro atoms. The standard InChI is InChI=1S/C20H22N2O4/c1-3-10-22(13-19(23)24)12-15-11-17(21-26-15)20-16-7-5-4-6-14(16)8-9-18(20)25-2/h4-9,11H,3,10,12-13H2,1-2H3,(H,23,24). The second-order valence-corrected chi connectivity index (χ2v) is 6.15. The quantitative estimate of drug-likeness (QED) is 0.663. The number of benzene rings is 2. The second kappa shape index (κ2) is 8.01. The fourth-order valence-corrected chi connectivity index (χ4v) is 3.13. The van der Waals surface area contributed by atoms with Gasteiger partial charge in [0.2, 0.25) is 0 Å². The average Bonchev–Trinajstić information content (AvgIpc) is 3.08. The summed E-state index contributed by atoms with van der Waals surface area (Å²) in [5, 5.41) is 15.4. The van der Waals surface area contributed by atoms with E-state index < -0.39 is 5.97 Å². The van der Waals surface area contributed by atoms with Crippen molar-refractivity contribution in [1.82, 2.24) is 10.1 Å². The fraction of sp³-hybridized carbons (Fsp3) is 0.300. The maximum atomic E-state index is 11.0. The van der Waals surface area contributed by atoms with Gasteiger partial charge in [0.1, 0.15) is 11.4 Å². The van der Waals surface area contributed by atoms with Gasteiger partial charge in [-0.05, 0) is 29.8 Å². The number of aliphatic carboxylic acids is 1. The molecule has 3 aromatic rings. The summed E-state index contributed by atoms with van der Waals surface area (Å²) in [6, 6.07) is 13.8. The van der Waals surface area contributed by atoms with E-state index in [1.807, 2.05) is 54.3 Å². The van der Waals surface area contributed by atoms with Crippen LogP contribution in [0.1, 0.15) is 19.1 Å². The van der Waals surface area contributed by atoms with Crippen molar-refractivity contribution in [2.75, 3.05) is 20.2 Å². The number of aromatic nitrogens is 1. The van der Waals surface area contributed by atoms with Gasteiger partial charge in [0, 0.05) is 6.07 Å². The van der Waals surface area contributed by atoms with Gasteiger partial charge in [-0.1, -0.05) is 42.4 Å². The smallest absolute Gasteiger partial charge is 0.317 e. The third kappa shape index (κ3) is 3.86. The Morgan fingerprint density at radius 2 is 2.08 bits per heavy atom. The van der Waals surface area contributed by atoms with E-state index in [0.29, 0.717) is 24.5 Å². The van der Waals surface area contributed by atoms with Gasteiger partial charge in [0.25, 0.3) is 0 Å². The number of nitrogens with zero attached hydrogens (tertiary/aromatic N) is 2. The van der Waals surface area contributed by atoms with Crippen molar-refractivity contribution in [3.63, 3.8) is 0 Å². The summed E-state index contributed by atoms with van der Waals surface area (Å²) in [5.41, 5.74) is 1.56. The molecule has 1 aromatic heterocycles.